The smallest absolute Gasteiger partial charge is 0.416 e. The van der Waals surface area contributed by atoms with E-state index in [9.17, 15) is 18.0 Å². The quantitative estimate of drug-likeness (QED) is 0.688. The number of halogens is 3. The third kappa shape index (κ3) is 5.45. The number of nitrogens with one attached hydrogen (secondary N) is 1. The Kier molecular flexibility index (Phi) is 5.75. The number of amides is 1. The van der Waals surface area contributed by atoms with Gasteiger partial charge in [-0.1, -0.05) is 0 Å². The van der Waals surface area contributed by atoms with Gasteiger partial charge in [0.2, 0.25) is 0 Å². The van der Waals surface area contributed by atoms with Gasteiger partial charge in [0.05, 0.1) is 12.2 Å². The Balaban J connectivity index is 2.83. The van der Waals surface area contributed by atoms with Crippen molar-refractivity contribution in [3.05, 3.63) is 35.4 Å². The number of amidine groups is 1. The van der Waals surface area contributed by atoms with Gasteiger partial charge in [-0.3, -0.25) is 10.1 Å². The van der Waals surface area contributed by atoms with Gasteiger partial charge in [0.15, 0.2) is 0 Å². The highest BCUT2D eigenvalue weighted by molar-refractivity contribution is 6.04. The molecule has 0 heterocycles. The van der Waals surface area contributed by atoms with Crippen LogP contribution >= 0.6 is 0 Å². The summed E-state index contributed by atoms with van der Waals surface area (Å²) >= 11 is 0. The molecule has 1 amide bonds. The fourth-order valence-electron chi connectivity index (χ4n) is 1.46. The van der Waals surface area contributed by atoms with Crippen LogP contribution in [-0.2, 0) is 10.9 Å². The van der Waals surface area contributed by atoms with Gasteiger partial charge in [-0.05, 0) is 45.0 Å². The molecule has 1 aromatic carbocycles. The van der Waals surface area contributed by atoms with Crippen molar-refractivity contribution in [1.82, 2.24) is 5.32 Å². The summed E-state index contributed by atoms with van der Waals surface area (Å²) < 4.78 is 42.5. The highest BCUT2D eigenvalue weighted by Crippen LogP contribution is 2.29. The van der Waals surface area contributed by atoms with E-state index in [0.717, 1.165) is 24.3 Å². The average molecular weight is 302 g/mol. The van der Waals surface area contributed by atoms with Gasteiger partial charge < -0.3 is 4.74 Å². The Morgan fingerprint density at radius 1 is 1.29 bits per heavy atom. The Hall–Kier alpha value is -2.05. The minimum atomic E-state index is -4.43. The van der Waals surface area contributed by atoms with Crippen molar-refractivity contribution < 1.29 is 22.7 Å². The van der Waals surface area contributed by atoms with Gasteiger partial charge in [0, 0.05) is 11.6 Å². The summed E-state index contributed by atoms with van der Waals surface area (Å²) in [6.45, 7) is 5.67. The van der Waals surface area contributed by atoms with E-state index in [2.05, 4.69) is 10.3 Å². The molecule has 0 bridgehead atoms. The van der Waals surface area contributed by atoms with Gasteiger partial charge in [0.25, 0.3) is 11.9 Å². The first-order valence-corrected chi connectivity index (χ1v) is 6.43. The first kappa shape index (κ1) is 17.0. The highest BCUT2D eigenvalue weighted by atomic mass is 19.4. The lowest BCUT2D eigenvalue weighted by molar-refractivity contribution is -0.137. The van der Waals surface area contributed by atoms with Crippen molar-refractivity contribution in [1.29, 1.82) is 0 Å². The number of hydrogen-bond donors (Lipinski definition) is 1. The molecule has 0 aromatic heterocycles. The zero-order chi connectivity index (χ0) is 16.0. The molecule has 21 heavy (non-hydrogen) atoms. The second-order valence-corrected chi connectivity index (χ2v) is 4.49. The fourth-order valence-corrected chi connectivity index (χ4v) is 1.46. The SMILES string of the molecule is CCOC(=NC(C)C)NC(=O)c1ccc(C(F)(F)F)cc1. The molecule has 0 unspecified atom stereocenters. The van der Waals surface area contributed by atoms with E-state index in [-0.39, 0.29) is 17.6 Å². The highest BCUT2D eigenvalue weighted by Gasteiger charge is 2.30. The lowest BCUT2D eigenvalue weighted by atomic mass is 10.1. The van der Waals surface area contributed by atoms with Crippen LogP contribution in [0.2, 0.25) is 0 Å². The molecule has 0 aliphatic heterocycles. The summed E-state index contributed by atoms with van der Waals surface area (Å²) in [5.74, 6) is -0.573. The number of carbonyl (C=O) groups is 1. The summed E-state index contributed by atoms with van der Waals surface area (Å²) in [4.78, 5) is 16.0. The van der Waals surface area contributed by atoms with Crippen molar-refractivity contribution in [3.8, 4) is 0 Å². The van der Waals surface area contributed by atoms with Crippen molar-refractivity contribution in [2.24, 2.45) is 4.99 Å². The average Bonchev–Trinajstić information content (AvgIpc) is 2.37. The first-order valence-electron chi connectivity index (χ1n) is 6.43. The summed E-state index contributed by atoms with van der Waals surface area (Å²) in [7, 11) is 0. The Morgan fingerprint density at radius 3 is 2.29 bits per heavy atom. The second kappa shape index (κ2) is 7.10. The molecule has 1 rings (SSSR count). The Labute approximate surface area is 121 Å². The van der Waals surface area contributed by atoms with E-state index in [1.165, 1.54) is 0 Å². The van der Waals surface area contributed by atoms with Gasteiger partial charge in [0.1, 0.15) is 0 Å². The third-order valence-corrected chi connectivity index (χ3v) is 2.35. The Bertz CT molecular complexity index is 508. The summed E-state index contributed by atoms with van der Waals surface area (Å²) in [5.41, 5.74) is -0.709. The maximum Gasteiger partial charge on any atom is 0.416 e. The van der Waals surface area contributed by atoms with Gasteiger partial charge in [-0.25, -0.2) is 4.99 Å². The molecule has 0 aliphatic carbocycles. The predicted molar refractivity (Wildman–Crippen MR) is 73.1 cm³/mol. The van der Waals surface area contributed by atoms with Crippen LogP contribution in [0.3, 0.4) is 0 Å². The topological polar surface area (TPSA) is 50.7 Å². The second-order valence-electron chi connectivity index (χ2n) is 4.49. The summed E-state index contributed by atoms with van der Waals surface area (Å²) in [5, 5.41) is 2.43. The van der Waals surface area contributed by atoms with Crippen LogP contribution in [0.1, 0.15) is 36.7 Å². The van der Waals surface area contributed by atoms with Crippen molar-refractivity contribution in [3.63, 3.8) is 0 Å². The maximum atomic E-state index is 12.4. The number of ether oxygens (including phenoxy) is 1. The normalized spacial score (nSPS) is 12.4. The molecule has 0 fully saturated rings. The maximum absolute atomic E-state index is 12.4. The predicted octanol–water partition coefficient (Wildman–Crippen LogP) is 3.24. The van der Waals surface area contributed by atoms with Gasteiger partial charge >= 0.3 is 6.18 Å². The monoisotopic (exact) mass is 302 g/mol. The minimum absolute atomic E-state index is 0.0531. The van der Waals surface area contributed by atoms with Gasteiger partial charge in [-0.2, -0.15) is 13.2 Å². The molecule has 7 heteroatoms. The molecule has 0 radical (unpaired) electrons. The van der Waals surface area contributed by atoms with Crippen molar-refractivity contribution in [2.45, 2.75) is 33.0 Å². The van der Waals surface area contributed by atoms with E-state index in [1.807, 2.05) is 13.8 Å². The molecule has 1 N–H and O–H groups in total. The van der Waals surface area contributed by atoms with Gasteiger partial charge in [-0.15, -0.1) is 0 Å². The zero-order valence-electron chi connectivity index (χ0n) is 12.0. The molecule has 4 nitrogen and oxygen atoms in total. The van der Waals surface area contributed by atoms with Crippen LogP contribution in [0.15, 0.2) is 29.3 Å². The molecular weight excluding hydrogens is 285 g/mol. The number of rotatable bonds is 3. The van der Waals surface area contributed by atoms with Crippen LogP contribution in [0.5, 0.6) is 0 Å². The van der Waals surface area contributed by atoms with Crippen LogP contribution in [0.4, 0.5) is 13.2 Å². The molecule has 0 saturated carbocycles. The minimum Gasteiger partial charge on any atom is -0.465 e. The molecular formula is C14H17F3N2O2. The number of hydrogen-bond acceptors (Lipinski definition) is 3. The molecule has 0 spiro atoms. The van der Waals surface area contributed by atoms with Crippen molar-refractivity contribution >= 4 is 11.9 Å². The zero-order valence-corrected chi connectivity index (χ0v) is 12.0. The van der Waals surface area contributed by atoms with Crippen molar-refractivity contribution in [2.75, 3.05) is 6.61 Å². The number of aliphatic imine (C=N–C) groups is 1. The first-order chi connectivity index (χ1) is 9.74. The van der Waals surface area contributed by atoms with E-state index in [1.54, 1.807) is 6.92 Å². The molecule has 0 aliphatic rings. The number of carbonyl (C=O) groups excluding carboxylic acids is 1. The Morgan fingerprint density at radius 2 is 1.86 bits per heavy atom. The summed E-state index contributed by atoms with van der Waals surface area (Å²) in [6, 6.07) is 3.90. The van der Waals surface area contributed by atoms with E-state index >= 15 is 0 Å². The molecule has 0 saturated heterocycles. The van der Waals surface area contributed by atoms with Crippen LogP contribution < -0.4 is 5.32 Å². The standard InChI is InChI=1S/C14H17F3N2O2/c1-4-21-13(18-9(2)3)19-12(20)10-5-7-11(8-6-10)14(15,16)17/h5-9H,4H2,1-3H3,(H,18,19,20). The van der Waals surface area contributed by atoms with Crippen LogP contribution in [0, 0.1) is 0 Å². The third-order valence-electron chi connectivity index (χ3n) is 2.35. The largest absolute Gasteiger partial charge is 0.465 e. The lowest BCUT2D eigenvalue weighted by Gasteiger charge is -2.11. The van der Waals surface area contributed by atoms with E-state index in [4.69, 9.17) is 4.74 Å². The number of nitrogens with zero attached hydrogens (tertiary/aromatic N) is 1. The molecule has 1 aromatic rings. The van der Waals surface area contributed by atoms with Crippen LogP contribution in [0.25, 0.3) is 0 Å². The number of alkyl halides is 3. The number of benzene rings is 1. The lowest BCUT2D eigenvalue weighted by Crippen LogP contribution is -2.33. The van der Waals surface area contributed by atoms with E-state index < -0.39 is 17.6 Å². The van der Waals surface area contributed by atoms with E-state index in [0.29, 0.717) is 6.61 Å². The van der Waals surface area contributed by atoms with Crippen LogP contribution in [-0.4, -0.2) is 24.6 Å². The fraction of sp³-hybridized carbons (Fsp3) is 0.429. The molecule has 0 atom stereocenters. The summed E-state index contributed by atoms with van der Waals surface area (Å²) in [6.07, 6.45) is -4.43. The molecule has 116 valence electrons.